The van der Waals surface area contributed by atoms with Crippen molar-refractivity contribution < 1.29 is 9.59 Å². The van der Waals surface area contributed by atoms with Crippen molar-refractivity contribution in [3.8, 4) is 0 Å². The first-order valence-electron chi connectivity index (χ1n) is 11.8. The molecule has 0 spiro atoms. The Morgan fingerprint density at radius 1 is 1.06 bits per heavy atom. The van der Waals surface area contributed by atoms with Crippen LogP contribution in [0.15, 0.2) is 61.5 Å². The van der Waals surface area contributed by atoms with E-state index in [1.807, 2.05) is 35.2 Å². The average molecular weight is 620 g/mol. The highest BCUT2D eigenvalue weighted by molar-refractivity contribution is 9.11. The lowest BCUT2D eigenvalue weighted by Crippen LogP contribution is -2.45. The molecule has 0 heterocycles. The van der Waals surface area contributed by atoms with Crippen LogP contribution in [0, 0.1) is 16.9 Å². The monoisotopic (exact) mass is 618 g/mol. The minimum atomic E-state index is -0.564. The molecule has 2 aromatic carbocycles. The standard InChI is InChI=1S/C26H32Br2N6O2/c1-26(2,3)18-8-10-22(11-9-18)34(25(36)31-21-13-19(27)12-20(28)14-21)15-16-4-6-17(7-5-16)23(35)32-24(29)33-30/h4-7,12-14,18,22,30H,8-11,15H2,1-3H3,(H,31,36)(H2,29,32,35). The number of hydrogen-bond donors (Lipinski definition) is 3. The van der Waals surface area contributed by atoms with Gasteiger partial charge in [0.15, 0.2) is 0 Å². The predicted octanol–water partition coefficient (Wildman–Crippen LogP) is 7.34. The summed E-state index contributed by atoms with van der Waals surface area (Å²) in [4.78, 5) is 31.2. The summed E-state index contributed by atoms with van der Waals surface area (Å²) in [5.74, 6) is -0.323. The molecule has 1 aliphatic carbocycles. The van der Waals surface area contributed by atoms with E-state index in [4.69, 9.17) is 11.3 Å². The Bertz CT molecular complexity index is 1120. The highest BCUT2D eigenvalue weighted by Crippen LogP contribution is 2.39. The minimum Gasteiger partial charge on any atom is -0.366 e. The van der Waals surface area contributed by atoms with Crippen molar-refractivity contribution in [2.45, 2.75) is 59.0 Å². The number of hydrogen-bond acceptors (Lipinski definition) is 3. The van der Waals surface area contributed by atoms with Crippen molar-refractivity contribution in [2.24, 2.45) is 27.2 Å². The second-order valence-corrected chi connectivity index (χ2v) is 12.0. The number of carbonyl (C=O) groups is 2. The molecule has 3 amide bonds. The van der Waals surface area contributed by atoms with E-state index in [0.29, 0.717) is 23.7 Å². The number of amides is 3. The van der Waals surface area contributed by atoms with Gasteiger partial charge in [-0.15, -0.1) is 5.11 Å². The van der Waals surface area contributed by atoms with Crippen LogP contribution >= 0.6 is 31.9 Å². The Labute approximate surface area is 228 Å². The summed E-state index contributed by atoms with van der Waals surface area (Å²) < 4.78 is 1.73. The Balaban J connectivity index is 1.80. The van der Waals surface area contributed by atoms with Gasteiger partial charge in [-0.05, 0) is 72.9 Å². The fourth-order valence-electron chi connectivity index (χ4n) is 4.58. The molecule has 0 radical (unpaired) electrons. The molecule has 0 saturated heterocycles. The Morgan fingerprint density at radius 2 is 1.64 bits per heavy atom. The third-order valence-electron chi connectivity index (χ3n) is 6.62. The van der Waals surface area contributed by atoms with Crippen LogP contribution in [0.4, 0.5) is 10.5 Å². The molecule has 4 N–H and O–H groups in total. The first-order valence-corrected chi connectivity index (χ1v) is 13.4. The molecule has 0 aromatic heterocycles. The second-order valence-electron chi connectivity index (χ2n) is 10.2. The third kappa shape index (κ3) is 7.70. The van der Waals surface area contributed by atoms with Crippen LogP contribution in [-0.4, -0.2) is 28.8 Å². The van der Waals surface area contributed by atoms with E-state index in [1.54, 1.807) is 12.1 Å². The topological polar surface area (TPSA) is 124 Å². The first-order chi connectivity index (χ1) is 17.0. The molecular formula is C26H32Br2N6O2. The van der Waals surface area contributed by atoms with Crippen LogP contribution in [-0.2, 0) is 6.54 Å². The smallest absolute Gasteiger partial charge is 0.322 e. The number of nitrogens with one attached hydrogen (secondary N) is 2. The van der Waals surface area contributed by atoms with Gasteiger partial charge in [0.1, 0.15) is 0 Å². The van der Waals surface area contributed by atoms with E-state index < -0.39 is 11.9 Å². The Kier molecular flexibility index (Phi) is 9.41. The summed E-state index contributed by atoms with van der Waals surface area (Å²) in [5, 5.41) is 6.00. The summed E-state index contributed by atoms with van der Waals surface area (Å²) in [6.07, 6.45) is 4.04. The second kappa shape index (κ2) is 12.1. The van der Waals surface area contributed by atoms with Gasteiger partial charge in [-0.2, -0.15) is 4.99 Å². The molecule has 0 aliphatic heterocycles. The largest absolute Gasteiger partial charge is 0.366 e. The molecule has 2 aromatic rings. The molecule has 1 fully saturated rings. The van der Waals surface area contributed by atoms with E-state index in [1.165, 1.54) is 0 Å². The molecular weight excluding hydrogens is 588 g/mol. The maximum atomic E-state index is 13.5. The van der Waals surface area contributed by atoms with Gasteiger partial charge < -0.3 is 16.0 Å². The van der Waals surface area contributed by atoms with Crippen molar-refractivity contribution in [1.29, 1.82) is 5.53 Å². The van der Waals surface area contributed by atoms with Gasteiger partial charge in [0.2, 0.25) is 5.96 Å². The first kappa shape index (κ1) is 28.0. The molecule has 10 heteroatoms. The number of guanidine groups is 1. The lowest BCUT2D eigenvalue weighted by atomic mass is 9.71. The number of nitrogens with zero attached hydrogens (tertiary/aromatic N) is 3. The van der Waals surface area contributed by atoms with Crippen molar-refractivity contribution in [2.75, 3.05) is 5.32 Å². The van der Waals surface area contributed by atoms with Crippen molar-refractivity contribution in [1.82, 2.24) is 4.90 Å². The van der Waals surface area contributed by atoms with Gasteiger partial charge in [0, 0.05) is 32.8 Å². The number of aliphatic imine (C=N–C) groups is 1. The molecule has 0 bridgehead atoms. The fourth-order valence-corrected chi connectivity index (χ4v) is 5.88. The minimum absolute atomic E-state index is 0.114. The Hall–Kier alpha value is -2.59. The maximum Gasteiger partial charge on any atom is 0.322 e. The zero-order valence-corrected chi connectivity index (χ0v) is 23.9. The molecule has 3 rings (SSSR count). The molecule has 1 aliphatic rings. The van der Waals surface area contributed by atoms with E-state index in [-0.39, 0.29) is 17.5 Å². The van der Waals surface area contributed by atoms with Gasteiger partial charge in [0.05, 0.1) is 0 Å². The zero-order chi connectivity index (χ0) is 26.5. The normalized spacial score (nSPS) is 18.4. The highest BCUT2D eigenvalue weighted by Gasteiger charge is 2.33. The van der Waals surface area contributed by atoms with Crippen LogP contribution in [0.5, 0.6) is 0 Å². The quantitative estimate of drug-likeness (QED) is 0.184. The number of carbonyl (C=O) groups excluding carboxylic acids is 2. The lowest BCUT2D eigenvalue weighted by Gasteiger charge is -2.41. The van der Waals surface area contributed by atoms with E-state index in [0.717, 1.165) is 40.2 Å². The fraction of sp³-hybridized carbons (Fsp3) is 0.423. The van der Waals surface area contributed by atoms with Gasteiger partial charge in [-0.3, -0.25) is 4.79 Å². The van der Waals surface area contributed by atoms with Crippen molar-refractivity contribution >= 4 is 55.4 Å². The SMILES string of the molecule is CC(C)(C)C1CCC(N(Cc2ccc(C(=O)N=C(N)N=N)cc2)C(=O)Nc2cc(Br)cc(Br)c2)CC1. The molecule has 8 nitrogen and oxygen atoms in total. The number of urea groups is 1. The average Bonchev–Trinajstić information content (AvgIpc) is 2.81. The maximum absolute atomic E-state index is 13.5. The van der Waals surface area contributed by atoms with E-state index in [2.05, 4.69) is 68.1 Å². The zero-order valence-electron chi connectivity index (χ0n) is 20.7. The lowest BCUT2D eigenvalue weighted by molar-refractivity contribution is 0.100. The third-order valence-corrected chi connectivity index (χ3v) is 7.54. The summed E-state index contributed by atoms with van der Waals surface area (Å²) in [5.41, 5.74) is 14.4. The van der Waals surface area contributed by atoms with Crippen LogP contribution < -0.4 is 11.1 Å². The predicted molar refractivity (Wildman–Crippen MR) is 149 cm³/mol. The number of nitrogens with two attached hydrogens (primary N) is 1. The highest BCUT2D eigenvalue weighted by atomic mass is 79.9. The summed E-state index contributed by atoms with van der Waals surface area (Å²) in [7, 11) is 0. The van der Waals surface area contributed by atoms with Gasteiger partial charge >= 0.3 is 6.03 Å². The molecule has 0 unspecified atom stereocenters. The van der Waals surface area contributed by atoms with Gasteiger partial charge in [-0.25, -0.2) is 10.3 Å². The molecule has 192 valence electrons. The summed E-state index contributed by atoms with van der Waals surface area (Å²) >= 11 is 6.95. The van der Waals surface area contributed by atoms with Gasteiger partial charge in [-0.1, -0.05) is 64.8 Å². The summed E-state index contributed by atoms with van der Waals surface area (Å²) in [6.45, 7) is 7.26. The molecule has 0 atom stereocenters. The van der Waals surface area contributed by atoms with Crippen molar-refractivity contribution in [3.05, 3.63) is 62.5 Å². The molecule has 36 heavy (non-hydrogen) atoms. The van der Waals surface area contributed by atoms with Crippen molar-refractivity contribution in [3.63, 3.8) is 0 Å². The number of rotatable bonds is 5. The summed E-state index contributed by atoms with van der Waals surface area (Å²) in [6, 6.07) is 12.5. The van der Waals surface area contributed by atoms with Crippen LogP contribution in [0.25, 0.3) is 0 Å². The number of benzene rings is 2. The van der Waals surface area contributed by atoms with E-state index >= 15 is 0 Å². The van der Waals surface area contributed by atoms with Crippen LogP contribution in [0.3, 0.4) is 0 Å². The molecule has 1 saturated carbocycles. The van der Waals surface area contributed by atoms with Crippen LogP contribution in [0.1, 0.15) is 62.4 Å². The van der Waals surface area contributed by atoms with Gasteiger partial charge in [0.25, 0.3) is 5.91 Å². The Morgan fingerprint density at radius 3 is 2.17 bits per heavy atom. The number of anilines is 1. The van der Waals surface area contributed by atoms with E-state index in [9.17, 15) is 9.59 Å². The number of halogens is 2. The van der Waals surface area contributed by atoms with Crippen LogP contribution in [0.2, 0.25) is 0 Å².